The van der Waals surface area contributed by atoms with Gasteiger partial charge in [-0.25, -0.2) is 0 Å². The van der Waals surface area contributed by atoms with E-state index in [4.69, 9.17) is 9.84 Å². The first-order chi connectivity index (χ1) is 13.5. The van der Waals surface area contributed by atoms with Crippen LogP contribution in [0.2, 0.25) is 0 Å². The lowest BCUT2D eigenvalue weighted by atomic mass is 9.99. The van der Waals surface area contributed by atoms with Gasteiger partial charge in [0, 0.05) is 37.1 Å². The van der Waals surface area contributed by atoms with Crippen LogP contribution in [0.15, 0.2) is 24.3 Å². The van der Waals surface area contributed by atoms with Gasteiger partial charge in [0.25, 0.3) is 0 Å². The molecule has 0 aliphatic carbocycles. The molecule has 1 aliphatic rings. The van der Waals surface area contributed by atoms with Crippen LogP contribution >= 0.6 is 0 Å². The van der Waals surface area contributed by atoms with Crippen LogP contribution in [0.1, 0.15) is 80.6 Å². The summed E-state index contributed by atoms with van der Waals surface area (Å²) in [5.41, 5.74) is 5.96. The summed E-state index contributed by atoms with van der Waals surface area (Å²) >= 11 is 0. The Morgan fingerprint density at radius 3 is 2.61 bits per heavy atom. The summed E-state index contributed by atoms with van der Waals surface area (Å²) in [5, 5.41) is 7.90. The van der Waals surface area contributed by atoms with Gasteiger partial charge in [-0.1, -0.05) is 45.0 Å². The fourth-order valence-corrected chi connectivity index (χ4v) is 3.77. The number of rotatable bonds is 8. The summed E-state index contributed by atoms with van der Waals surface area (Å²) in [5.74, 6) is 0.581. The number of fused-ring (bicyclic) bond motifs is 1. The maximum absolute atomic E-state index is 12.5. The standard InChI is InChI=1S/C23H33N3O2/c1-5-13-26-22-12-14-28-15-20(22)21(25-26)10-11-23(27)24-17(4)19-8-6-18(7-9-19)16(2)3/h6-9,16-17H,5,10-15H2,1-4H3,(H,24,27). The fourth-order valence-electron chi connectivity index (χ4n) is 3.77. The molecule has 2 aromatic rings. The van der Waals surface area contributed by atoms with Crippen LogP contribution in [0.25, 0.3) is 0 Å². The number of amides is 1. The molecule has 28 heavy (non-hydrogen) atoms. The molecule has 1 atom stereocenters. The van der Waals surface area contributed by atoms with Crippen LogP contribution in [0.3, 0.4) is 0 Å². The molecule has 1 aliphatic heterocycles. The zero-order valence-corrected chi connectivity index (χ0v) is 17.6. The van der Waals surface area contributed by atoms with Gasteiger partial charge < -0.3 is 10.1 Å². The largest absolute Gasteiger partial charge is 0.376 e. The van der Waals surface area contributed by atoms with Crippen molar-refractivity contribution in [2.24, 2.45) is 0 Å². The third-order valence-electron chi connectivity index (χ3n) is 5.48. The lowest BCUT2D eigenvalue weighted by Gasteiger charge is -2.16. The van der Waals surface area contributed by atoms with E-state index in [0.29, 0.717) is 25.4 Å². The van der Waals surface area contributed by atoms with Crippen molar-refractivity contribution < 1.29 is 9.53 Å². The minimum atomic E-state index is 0.00334. The molecule has 1 unspecified atom stereocenters. The molecule has 0 saturated heterocycles. The van der Waals surface area contributed by atoms with E-state index < -0.39 is 0 Å². The van der Waals surface area contributed by atoms with Crippen molar-refractivity contribution in [3.8, 4) is 0 Å². The maximum Gasteiger partial charge on any atom is 0.220 e. The average Bonchev–Trinajstić information content (AvgIpc) is 3.04. The number of nitrogens with zero attached hydrogens (tertiary/aromatic N) is 2. The topological polar surface area (TPSA) is 56.2 Å². The molecular weight excluding hydrogens is 350 g/mol. The van der Waals surface area contributed by atoms with Crippen molar-refractivity contribution in [1.82, 2.24) is 15.1 Å². The van der Waals surface area contributed by atoms with Gasteiger partial charge in [0.05, 0.1) is 24.9 Å². The predicted octanol–water partition coefficient (Wildman–Crippen LogP) is 4.30. The van der Waals surface area contributed by atoms with Crippen LogP contribution in [0, 0.1) is 0 Å². The second kappa shape index (κ2) is 9.37. The van der Waals surface area contributed by atoms with E-state index in [1.165, 1.54) is 16.8 Å². The highest BCUT2D eigenvalue weighted by atomic mass is 16.5. The zero-order chi connectivity index (χ0) is 20.1. The second-order valence-corrected chi connectivity index (χ2v) is 8.01. The number of nitrogens with one attached hydrogen (secondary N) is 1. The monoisotopic (exact) mass is 383 g/mol. The van der Waals surface area contributed by atoms with Gasteiger partial charge in [-0.05, 0) is 30.4 Å². The van der Waals surface area contributed by atoms with Crippen LogP contribution in [0.4, 0.5) is 0 Å². The first kappa shape index (κ1) is 20.6. The van der Waals surface area contributed by atoms with Crippen molar-refractivity contribution in [3.05, 3.63) is 52.3 Å². The smallest absolute Gasteiger partial charge is 0.220 e. The van der Waals surface area contributed by atoms with E-state index in [1.54, 1.807) is 0 Å². The molecule has 3 rings (SSSR count). The first-order valence-corrected chi connectivity index (χ1v) is 10.5. The van der Waals surface area contributed by atoms with E-state index in [0.717, 1.165) is 37.3 Å². The number of ether oxygens (including phenoxy) is 1. The molecule has 0 spiro atoms. The Labute approximate surface area is 168 Å². The summed E-state index contributed by atoms with van der Waals surface area (Å²) in [6.07, 6.45) is 3.08. The van der Waals surface area contributed by atoms with Crippen LogP contribution in [-0.2, 0) is 35.5 Å². The number of hydrogen-bond acceptors (Lipinski definition) is 3. The average molecular weight is 384 g/mol. The predicted molar refractivity (Wildman–Crippen MR) is 111 cm³/mol. The molecule has 5 nitrogen and oxygen atoms in total. The van der Waals surface area contributed by atoms with E-state index in [9.17, 15) is 4.79 Å². The number of benzene rings is 1. The van der Waals surface area contributed by atoms with Gasteiger partial charge in [-0.2, -0.15) is 5.10 Å². The fraction of sp³-hybridized carbons (Fsp3) is 0.565. The zero-order valence-electron chi connectivity index (χ0n) is 17.6. The van der Waals surface area contributed by atoms with Crippen LogP contribution < -0.4 is 5.32 Å². The lowest BCUT2D eigenvalue weighted by Crippen LogP contribution is -2.27. The Morgan fingerprint density at radius 1 is 1.21 bits per heavy atom. The van der Waals surface area contributed by atoms with Gasteiger partial charge >= 0.3 is 0 Å². The van der Waals surface area contributed by atoms with Gasteiger partial charge in [0.1, 0.15) is 0 Å². The Hall–Kier alpha value is -2.14. The van der Waals surface area contributed by atoms with Gasteiger partial charge in [-0.15, -0.1) is 0 Å². The molecular formula is C23H33N3O2. The number of aromatic nitrogens is 2. The summed E-state index contributed by atoms with van der Waals surface area (Å²) in [7, 11) is 0. The molecule has 152 valence electrons. The number of aryl methyl sites for hydroxylation is 2. The third kappa shape index (κ3) is 4.82. The Bertz CT molecular complexity index is 793. The summed E-state index contributed by atoms with van der Waals surface area (Å²) < 4.78 is 7.74. The molecule has 0 saturated carbocycles. The summed E-state index contributed by atoms with van der Waals surface area (Å²) in [6.45, 7) is 10.9. The molecule has 5 heteroatoms. The van der Waals surface area contributed by atoms with Crippen molar-refractivity contribution in [1.29, 1.82) is 0 Å². The molecule has 1 aromatic heterocycles. The van der Waals surface area contributed by atoms with Gasteiger partial charge in [0.15, 0.2) is 0 Å². The van der Waals surface area contributed by atoms with Crippen molar-refractivity contribution in [3.63, 3.8) is 0 Å². The highest BCUT2D eigenvalue weighted by molar-refractivity contribution is 5.76. The summed E-state index contributed by atoms with van der Waals surface area (Å²) in [4.78, 5) is 12.5. The normalized spacial score (nSPS) is 14.8. The van der Waals surface area contributed by atoms with E-state index in [-0.39, 0.29) is 11.9 Å². The molecule has 1 amide bonds. The Morgan fingerprint density at radius 2 is 1.93 bits per heavy atom. The SMILES string of the molecule is CCCn1nc(CCC(=O)NC(C)c2ccc(C(C)C)cc2)c2c1CCOC2. The van der Waals surface area contributed by atoms with Crippen molar-refractivity contribution in [2.75, 3.05) is 6.61 Å². The minimum Gasteiger partial charge on any atom is -0.376 e. The van der Waals surface area contributed by atoms with E-state index >= 15 is 0 Å². The van der Waals surface area contributed by atoms with E-state index in [2.05, 4.69) is 55.0 Å². The minimum absolute atomic E-state index is 0.00334. The highest BCUT2D eigenvalue weighted by Gasteiger charge is 2.21. The third-order valence-corrected chi connectivity index (χ3v) is 5.48. The Balaban J connectivity index is 1.58. The number of carbonyl (C=O) groups is 1. The molecule has 0 bridgehead atoms. The first-order valence-electron chi connectivity index (χ1n) is 10.5. The lowest BCUT2D eigenvalue weighted by molar-refractivity contribution is -0.121. The van der Waals surface area contributed by atoms with E-state index in [1.807, 2.05) is 6.92 Å². The molecule has 1 aromatic carbocycles. The summed E-state index contributed by atoms with van der Waals surface area (Å²) in [6, 6.07) is 8.52. The van der Waals surface area contributed by atoms with Crippen molar-refractivity contribution in [2.45, 2.75) is 78.5 Å². The molecule has 2 heterocycles. The maximum atomic E-state index is 12.5. The molecule has 0 radical (unpaired) electrons. The van der Waals surface area contributed by atoms with Crippen molar-refractivity contribution >= 4 is 5.91 Å². The number of carbonyl (C=O) groups excluding carboxylic acids is 1. The molecule has 1 N–H and O–H groups in total. The Kier molecular flexibility index (Phi) is 6.89. The van der Waals surface area contributed by atoms with Crippen LogP contribution in [0.5, 0.6) is 0 Å². The van der Waals surface area contributed by atoms with Gasteiger partial charge in [0.2, 0.25) is 5.91 Å². The van der Waals surface area contributed by atoms with Crippen LogP contribution in [-0.4, -0.2) is 22.3 Å². The quantitative estimate of drug-likeness (QED) is 0.739. The van der Waals surface area contributed by atoms with Gasteiger partial charge in [-0.3, -0.25) is 9.48 Å². The molecule has 0 fully saturated rings. The number of hydrogen-bond donors (Lipinski definition) is 1. The highest BCUT2D eigenvalue weighted by Crippen LogP contribution is 2.23. The second-order valence-electron chi connectivity index (χ2n) is 8.01.